The first kappa shape index (κ1) is 12.0. The number of fused-ring (bicyclic) bond motifs is 1. The summed E-state index contributed by atoms with van der Waals surface area (Å²) in [5.74, 6) is 1.41. The number of halogens is 1. The summed E-state index contributed by atoms with van der Waals surface area (Å²) in [6, 6.07) is 5.81. The SMILES string of the molecule is O=C(CCl)NCCc1ccc2c(c1)OCCO2. The van der Waals surface area contributed by atoms with Crippen LogP contribution >= 0.6 is 11.6 Å². The number of ether oxygens (including phenoxy) is 2. The highest BCUT2D eigenvalue weighted by atomic mass is 35.5. The zero-order chi connectivity index (χ0) is 12.1. The number of alkyl halides is 1. The van der Waals surface area contributed by atoms with Gasteiger partial charge in [-0.1, -0.05) is 6.07 Å². The Balaban J connectivity index is 1.91. The Hall–Kier alpha value is -1.42. The fraction of sp³-hybridized carbons (Fsp3) is 0.417. The maximum absolute atomic E-state index is 10.9. The van der Waals surface area contributed by atoms with Gasteiger partial charge < -0.3 is 14.8 Å². The van der Waals surface area contributed by atoms with E-state index in [2.05, 4.69) is 5.32 Å². The second-order valence-corrected chi connectivity index (χ2v) is 3.98. The molecule has 0 spiro atoms. The zero-order valence-corrected chi connectivity index (χ0v) is 10.1. The maximum Gasteiger partial charge on any atom is 0.234 e. The molecular weight excluding hydrogens is 242 g/mol. The lowest BCUT2D eigenvalue weighted by molar-refractivity contribution is -0.118. The molecule has 0 bridgehead atoms. The Morgan fingerprint density at radius 1 is 1.29 bits per heavy atom. The van der Waals surface area contributed by atoms with Crippen molar-refractivity contribution in [2.45, 2.75) is 6.42 Å². The van der Waals surface area contributed by atoms with Crippen molar-refractivity contribution in [3.63, 3.8) is 0 Å². The number of carbonyl (C=O) groups is 1. The summed E-state index contributed by atoms with van der Waals surface area (Å²) in [5, 5.41) is 2.72. The van der Waals surface area contributed by atoms with Crippen molar-refractivity contribution in [3.8, 4) is 11.5 Å². The van der Waals surface area contributed by atoms with Crippen molar-refractivity contribution in [3.05, 3.63) is 23.8 Å². The van der Waals surface area contributed by atoms with Crippen molar-refractivity contribution in [2.75, 3.05) is 25.6 Å². The van der Waals surface area contributed by atoms with Crippen molar-refractivity contribution in [1.29, 1.82) is 0 Å². The summed E-state index contributed by atoms with van der Waals surface area (Å²) in [4.78, 5) is 10.9. The van der Waals surface area contributed by atoms with Gasteiger partial charge in [0.25, 0.3) is 0 Å². The van der Waals surface area contributed by atoms with Crippen LogP contribution in [0.3, 0.4) is 0 Å². The molecule has 5 heteroatoms. The maximum atomic E-state index is 10.9. The lowest BCUT2D eigenvalue weighted by Crippen LogP contribution is -2.26. The van der Waals surface area contributed by atoms with Crippen LogP contribution in [0.15, 0.2) is 18.2 Å². The average Bonchev–Trinajstić information content (AvgIpc) is 2.38. The molecule has 1 amide bonds. The summed E-state index contributed by atoms with van der Waals surface area (Å²) >= 11 is 5.38. The first-order chi connectivity index (χ1) is 8.29. The Morgan fingerprint density at radius 2 is 2.06 bits per heavy atom. The zero-order valence-electron chi connectivity index (χ0n) is 9.37. The molecule has 0 saturated heterocycles. The van der Waals surface area contributed by atoms with Crippen LogP contribution in [0.1, 0.15) is 5.56 Å². The number of hydrogen-bond donors (Lipinski definition) is 1. The van der Waals surface area contributed by atoms with E-state index in [4.69, 9.17) is 21.1 Å². The summed E-state index contributed by atoms with van der Waals surface area (Å²) in [6.07, 6.45) is 0.749. The standard InChI is InChI=1S/C12H14ClNO3/c13-8-12(15)14-4-3-9-1-2-10-11(7-9)17-6-5-16-10/h1-2,7H,3-6,8H2,(H,14,15). The number of hydrogen-bond acceptors (Lipinski definition) is 3. The molecule has 0 aliphatic carbocycles. The third-order valence-corrected chi connectivity index (χ3v) is 2.71. The second kappa shape index (κ2) is 5.77. The van der Waals surface area contributed by atoms with E-state index in [0.717, 1.165) is 23.5 Å². The molecule has 0 aromatic heterocycles. The first-order valence-corrected chi connectivity index (χ1v) is 6.04. The average molecular weight is 256 g/mol. The Labute approximate surface area is 105 Å². The number of carbonyl (C=O) groups excluding carboxylic acids is 1. The van der Waals surface area contributed by atoms with Gasteiger partial charge >= 0.3 is 0 Å². The molecule has 17 heavy (non-hydrogen) atoms. The third kappa shape index (κ3) is 3.27. The van der Waals surface area contributed by atoms with E-state index in [-0.39, 0.29) is 11.8 Å². The molecule has 1 N–H and O–H groups in total. The fourth-order valence-electron chi connectivity index (χ4n) is 1.64. The van der Waals surface area contributed by atoms with Crippen LogP contribution < -0.4 is 14.8 Å². The molecule has 1 aromatic carbocycles. The smallest absolute Gasteiger partial charge is 0.234 e. The van der Waals surface area contributed by atoms with E-state index in [1.54, 1.807) is 0 Å². The molecule has 92 valence electrons. The van der Waals surface area contributed by atoms with Gasteiger partial charge in [-0.25, -0.2) is 0 Å². The minimum Gasteiger partial charge on any atom is -0.486 e. The lowest BCUT2D eigenvalue weighted by atomic mass is 10.1. The summed E-state index contributed by atoms with van der Waals surface area (Å²) in [7, 11) is 0. The van der Waals surface area contributed by atoms with Gasteiger partial charge in [-0.05, 0) is 24.1 Å². The number of amides is 1. The van der Waals surface area contributed by atoms with Crippen molar-refractivity contribution < 1.29 is 14.3 Å². The number of rotatable bonds is 4. The minimum atomic E-state index is -0.149. The third-order valence-electron chi connectivity index (χ3n) is 2.46. The van der Waals surface area contributed by atoms with Crippen LogP contribution in [-0.2, 0) is 11.2 Å². The molecule has 1 aliphatic rings. The van der Waals surface area contributed by atoms with Crippen LogP contribution in [0.2, 0.25) is 0 Å². The molecule has 0 unspecified atom stereocenters. The first-order valence-electron chi connectivity index (χ1n) is 5.51. The molecule has 2 rings (SSSR count). The van der Waals surface area contributed by atoms with Gasteiger partial charge in [-0.2, -0.15) is 0 Å². The van der Waals surface area contributed by atoms with E-state index in [1.165, 1.54) is 0 Å². The van der Waals surface area contributed by atoms with E-state index in [0.29, 0.717) is 19.8 Å². The Morgan fingerprint density at radius 3 is 2.82 bits per heavy atom. The van der Waals surface area contributed by atoms with Crippen LogP contribution in [0.4, 0.5) is 0 Å². The van der Waals surface area contributed by atoms with Gasteiger partial charge in [0.2, 0.25) is 5.91 Å². The Bertz CT molecular complexity index is 409. The van der Waals surface area contributed by atoms with Gasteiger partial charge in [-0.15, -0.1) is 11.6 Å². The van der Waals surface area contributed by atoms with E-state index in [1.807, 2.05) is 18.2 Å². The monoisotopic (exact) mass is 255 g/mol. The van der Waals surface area contributed by atoms with Crippen LogP contribution in [0, 0.1) is 0 Å². The molecule has 0 atom stereocenters. The van der Waals surface area contributed by atoms with Gasteiger partial charge in [0.1, 0.15) is 19.1 Å². The van der Waals surface area contributed by atoms with Gasteiger partial charge in [-0.3, -0.25) is 4.79 Å². The lowest BCUT2D eigenvalue weighted by Gasteiger charge is -2.18. The topological polar surface area (TPSA) is 47.6 Å². The quantitative estimate of drug-likeness (QED) is 0.827. The van der Waals surface area contributed by atoms with Gasteiger partial charge in [0.05, 0.1) is 0 Å². The van der Waals surface area contributed by atoms with Crippen LogP contribution in [0.5, 0.6) is 11.5 Å². The van der Waals surface area contributed by atoms with Gasteiger partial charge in [0, 0.05) is 6.54 Å². The predicted molar refractivity (Wildman–Crippen MR) is 64.9 cm³/mol. The molecule has 0 saturated carbocycles. The second-order valence-electron chi connectivity index (χ2n) is 3.71. The molecular formula is C12H14ClNO3. The number of nitrogens with one attached hydrogen (secondary N) is 1. The Kier molecular flexibility index (Phi) is 4.09. The molecule has 0 radical (unpaired) electrons. The molecule has 0 fully saturated rings. The number of benzene rings is 1. The minimum absolute atomic E-state index is 0.00113. The van der Waals surface area contributed by atoms with Crippen LogP contribution in [0.25, 0.3) is 0 Å². The van der Waals surface area contributed by atoms with E-state index < -0.39 is 0 Å². The largest absolute Gasteiger partial charge is 0.486 e. The van der Waals surface area contributed by atoms with Gasteiger partial charge in [0.15, 0.2) is 11.5 Å². The van der Waals surface area contributed by atoms with Crippen LogP contribution in [-0.4, -0.2) is 31.5 Å². The molecule has 1 heterocycles. The highest BCUT2D eigenvalue weighted by molar-refractivity contribution is 6.27. The summed E-state index contributed by atoms with van der Waals surface area (Å²) < 4.78 is 10.9. The van der Waals surface area contributed by atoms with E-state index in [9.17, 15) is 4.79 Å². The molecule has 4 nitrogen and oxygen atoms in total. The molecule has 1 aliphatic heterocycles. The molecule has 1 aromatic rings. The van der Waals surface area contributed by atoms with Crippen molar-refractivity contribution >= 4 is 17.5 Å². The fourth-order valence-corrected chi connectivity index (χ4v) is 1.73. The summed E-state index contributed by atoms with van der Waals surface area (Å²) in [5.41, 5.74) is 1.10. The van der Waals surface area contributed by atoms with Crippen molar-refractivity contribution in [2.24, 2.45) is 0 Å². The summed E-state index contributed by atoms with van der Waals surface area (Å²) in [6.45, 7) is 1.75. The van der Waals surface area contributed by atoms with Crippen molar-refractivity contribution in [1.82, 2.24) is 5.32 Å². The van der Waals surface area contributed by atoms with E-state index >= 15 is 0 Å². The normalized spacial score (nSPS) is 13.2. The highest BCUT2D eigenvalue weighted by Crippen LogP contribution is 2.30. The predicted octanol–water partition coefficient (Wildman–Crippen LogP) is 1.36. The highest BCUT2D eigenvalue weighted by Gasteiger charge is 2.11.